The van der Waals surface area contributed by atoms with Gasteiger partial charge in [-0.25, -0.2) is 0 Å². The first-order valence-corrected chi connectivity index (χ1v) is 12.8. The van der Waals surface area contributed by atoms with Gasteiger partial charge in [0.05, 0.1) is 0 Å². The second kappa shape index (κ2) is 13.8. The predicted octanol–water partition coefficient (Wildman–Crippen LogP) is 9.72. The van der Waals surface area contributed by atoms with Crippen molar-refractivity contribution in [3.05, 3.63) is 35.9 Å². The van der Waals surface area contributed by atoms with E-state index in [4.69, 9.17) is 17.0 Å². The Hall–Kier alpha value is -2.35. The van der Waals surface area contributed by atoms with Crippen molar-refractivity contribution in [2.45, 2.75) is 93.0 Å². The minimum atomic E-state index is -7.20. The average molecular weight is 715 g/mol. The molecule has 0 aliphatic carbocycles. The summed E-state index contributed by atoms with van der Waals surface area (Å²) in [6.45, 7) is -0.999. The van der Waals surface area contributed by atoms with Gasteiger partial charge in [0.25, 0.3) is 5.17 Å². The Balaban J connectivity index is 3.13. The highest BCUT2D eigenvalue weighted by Gasteiger charge is 2.82. The van der Waals surface area contributed by atoms with Crippen molar-refractivity contribution >= 4 is 17.4 Å². The molecule has 0 aliphatic rings. The lowest BCUT2D eigenvalue weighted by Crippen LogP contribution is -2.61. The largest absolute Gasteiger partial charge is 0.468 e. The molecular weight excluding hydrogens is 692 g/mol. The summed E-state index contributed by atoms with van der Waals surface area (Å²) < 4.78 is 242. The van der Waals surface area contributed by atoms with Crippen LogP contribution in [0.25, 0.3) is 0 Å². The van der Waals surface area contributed by atoms with Crippen LogP contribution in [-0.4, -0.2) is 77.2 Å². The summed E-state index contributed by atoms with van der Waals surface area (Å²) in [5.74, 6) is -40.5. The Bertz CT molecular complexity index is 1050. The second-order valence-electron chi connectivity index (χ2n) is 9.78. The van der Waals surface area contributed by atoms with Gasteiger partial charge < -0.3 is 9.64 Å². The Labute approximate surface area is 248 Å². The van der Waals surface area contributed by atoms with Crippen molar-refractivity contribution < 1.29 is 83.8 Å². The third-order valence-corrected chi connectivity index (χ3v) is 6.54. The van der Waals surface area contributed by atoms with Crippen molar-refractivity contribution in [1.29, 1.82) is 0 Å². The van der Waals surface area contributed by atoms with Crippen LogP contribution in [0.15, 0.2) is 30.3 Å². The summed E-state index contributed by atoms with van der Waals surface area (Å²) in [5.41, 5.74) is 0.597. The zero-order valence-corrected chi connectivity index (χ0v) is 23.3. The van der Waals surface area contributed by atoms with Crippen molar-refractivity contribution in [3.63, 3.8) is 0 Å². The van der Waals surface area contributed by atoms with Crippen molar-refractivity contribution in [2.75, 3.05) is 13.1 Å². The van der Waals surface area contributed by atoms with Crippen molar-refractivity contribution in [3.8, 4) is 0 Å². The van der Waals surface area contributed by atoms with E-state index in [1.54, 1.807) is 30.3 Å². The van der Waals surface area contributed by atoms with Gasteiger partial charge in [0.1, 0.15) is 6.10 Å². The van der Waals surface area contributed by atoms with E-state index in [2.05, 4.69) is 0 Å². The van der Waals surface area contributed by atoms with Crippen LogP contribution in [0.2, 0.25) is 0 Å². The molecular formula is C24H23F18NOS. The van der Waals surface area contributed by atoms with E-state index in [1.807, 2.05) is 0 Å². The van der Waals surface area contributed by atoms with Gasteiger partial charge in [0.15, 0.2) is 0 Å². The molecule has 1 rings (SSSR count). The lowest BCUT2D eigenvalue weighted by Gasteiger charge is -2.35. The molecule has 0 saturated heterocycles. The number of alkyl halides is 18. The highest BCUT2D eigenvalue weighted by molar-refractivity contribution is 7.80. The smallest absolute Gasteiger partial charge is 0.460 e. The van der Waals surface area contributed by atoms with Gasteiger partial charge in [0.2, 0.25) is 0 Å². The highest BCUT2D eigenvalue weighted by Crippen LogP contribution is 2.55. The third-order valence-electron chi connectivity index (χ3n) is 6.18. The zero-order chi connectivity index (χ0) is 35.5. The highest BCUT2D eigenvalue weighted by atomic mass is 32.1. The van der Waals surface area contributed by atoms with E-state index in [-0.39, 0.29) is 6.42 Å². The van der Waals surface area contributed by atoms with Gasteiger partial charge >= 0.3 is 47.9 Å². The molecule has 0 radical (unpaired) electrons. The van der Waals surface area contributed by atoms with Gasteiger partial charge in [-0.3, -0.25) is 0 Å². The minimum absolute atomic E-state index is 0.0441. The van der Waals surface area contributed by atoms with E-state index < -0.39 is 97.9 Å². The summed E-state index contributed by atoms with van der Waals surface area (Å²) in [4.78, 5) is 0.406. The molecule has 0 bridgehead atoms. The molecule has 0 saturated carbocycles. The molecule has 0 heterocycles. The van der Waals surface area contributed by atoms with E-state index in [0.717, 1.165) is 0 Å². The molecule has 0 fully saturated rings. The summed E-state index contributed by atoms with van der Waals surface area (Å²) >= 11 is 4.84. The van der Waals surface area contributed by atoms with E-state index >= 15 is 0 Å². The average Bonchev–Trinajstić information content (AvgIpc) is 2.86. The fraction of sp³-hybridized carbons (Fsp3) is 0.708. The van der Waals surface area contributed by atoms with Crippen LogP contribution >= 0.6 is 12.2 Å². The topological polar surface area (TPSA) is 12.5 Å². The fourth-order valence-electron chi connectivity index (χ4n) is 3.64. The molecule has 1 unspecified atom stereocenters. The molecule has 0 aliphatic heterocycles. The third kappa shape index (κ3) is 8.93. The van der Waals surface area contributed by atoms with Crippen LogP contribution < -0.4 is 0 Å². The quantitative estimate of drug-likeness (QED) is 0.133. The number of halogens is 18. The molecule has 0 N–H and O–H groups in total. The number of ether oxygens (including phenoxy) is 1. The molecule has 0 amide bonds. The molecule has 0 aromatic heterocycles. The summed E-state index contributed by atoms with van der Waals surface area (Å²) in [6.07, 6.45) is -22.8. The van der Waals surface area contributed by atoms with Crippen LogP contribution in [0.4, 0.5) is 79.0 Å². The number of hydrogen-bond acceptors (Lipinski definition) is 2. The monoisotopic (exact) mass is 715 g/mol. The zero-order valence-electron chi connectivity index (χ0n) is 22.5. The fourth-order valence-corrected chi connectivity index (χ4v) is 3.99. The normalized spacial score (nSPS) is 15.2. The van der Waals surface area contributed by atoms with Gasteiger partial charge in [-0.2, -0.15) is 79.0 Å². The summed E-state index contributed by atoms with van der Waals surface area (Å²) in [7, 11) is 0. The molecule has 45 heavy (non-hydrogen) atoms. The van der Waals surface area contributed by atoms with Crippen LogP contribution in [0.5, 0.6) is 0 Å². The number of benzene rings is 1. The van der Waals surface area contributed by atoms with Gasteiger partial charge in [-0.15, -0.1) is 0 Å². The molecule has 1 atom stereocenters. The number of nitrogens with zero attached hydrogens (tertiary/aromatic N) is 1. The lowest BCUT2D eigenvalue weighted by molar-refractivity contribution is -0.396. The van der Waals surface area contributed by atoms with Crippen LogP contribution in [-0.2, 0) is 11.2 Å². The first-order chi connectivity index (χ1) is 20.0. The van der Waals surface area contributed by atoms with Crippen molar-refractivity contribution in [2.24, 2.45) is 0 Å². The summed E-state index contributed by atoms with van der Waals surface area (Å²) in [6, 6.07) is 7.96. The van der Waals surface area contributed by atoms with E-state index in [0.29, 0.717) is 10.5 Å². The van der Waals surface area contributed by atoms with Crippen LogP contribution in [0, 0.1) is 0 Å². The SMILES string of the molecule is CC(Cc1ccccc1)OC(=S)N(CCCC(F)(F)C(F)(F)C(F)(F)C(F)(F)F)CCCC(F)(F)C(F)(F)C(F)(F)C(F)(F)F. The van der Waals surface area contributed by atoms with Gasteiger partial charge in [0, 0.05) is 32.4 Å². The number of hydrogen-bond donors (Lipinski definition) is 0. The molecule has 1 aromatic carbocycles. The Morgan fingerprint density at radius 1 is 0.622 bits per heavy atom. The maximum Gasteiger partial charge on any atom is 0.460 e. The maximum atomic E-state index is 13.9. The lowest BCUT2D eigenvalue weighted by atomic mass is 9.99. The Morgan fingerprint density at radius 3 is 1.31 bits per heavy atom. The Morgan fingerprint density at radius 2 is 0.978 bits per heavy atom. The van der Waals surface area contributed by atoms with Crippen LogP contribution in [0.3, 0.4) is 0 Å². The van der Waals surface area contributed by atoms with E-state index in [9.17, 15) is 79.0 Å². The van der Waals surface area contributed by atoms with E-state index in [1.165, 1.54) is 6.92 Å². The standard InChI is InChI=1S/C24H23F18NOS/c1-14(13-15-7-3-2-4-8-15)44-16(45)43(11-5-9-17(25,26)19(29,30)21(33,34)23(37,38)39)12-6-10-18(27,28)20(31,32)22(35,36)24(40,41)42/h2-4,7-8,14H,5-6,9-13H2,1H3. The Kier molecular flexibility index (Phi) is 12.5. The number of thiocarbonyl (C=S) groups is 1. The molecule has 21 heteroatoms. The maximum absolute atomic E-state index is 13.9. The van der Waals surface area contributed by atoms with Gasteiger partial charge in [-0.1, -0.05) is 30.3 Å². The predicted molar refractivity (Wildman–Crippen MR) is 125 cm³/mol. The molecule has 1 aromatic rings. The molecule has 0 spiro atoms. The first-order valence-electron chi connectivity index (χ1n) is 12.4. The first kappa shape index (κ1) is 40.7. The minimum Gasteiger partial charge on any atom is -0.468 e. The second-order valence-corrected chi connectivity index (χ2v) is 10.1. The summed E-state index contributed by atoms with van der Waals surface area (Å²) in [5, 5.41) is -0.857. The molecule has 2 nitrogen and oxygen atoms in total. The van der Waals surface area contributed by atoms with Crippen molar-refractivity contribution in [1.82, 2.24) is 4.90 Å². The van der Waals surface area contributed by atoms with Gasteiger partial charge in [-0.05, 0) is 37.5 Å². The van der Waals surface area contributed by atoms with Crippen LogP contribution in [0.1, 0.15) is 38.2 Å². The number of rotatable bonds is 15. The molecule has 262 valence electrons.